The lowest BCUT2D eigenvalue weighted by atomic mass is 9.98. The fraction of sp³-hybridized carbons (Fsp3) is 0.235. The van der Waals surface area contributed by atoms with Gasteiger partial charge < -0.3 is 10.5 Å². The Kier molecular flexibility index (Phi) is 4.53. The molecule has 0 saturated heterocycles. The summed E-state index contributed by atoms with van der Waals surface area (Å²) in [5, 5.41) is 0. The molecule has 20 heavy (non-hydrogen) atoms. The van der Waals surface area contributed by atoms with E-state index >= 15 is 0 Å². The smallest absolute Gasteiger partial charge is 0.193 e. The predicted octanol–water partition coefficient (Wildman–Crippen LogP) is 2.74. The van der Waals surface area contributed by atoms with Crippen molar-refractivity contribution in [2.45, 2.75) is 13.3 Å². The first-order chi connectivity index (χ1) is 9.65. The largest absolute Gasteiger partial charge is 0.497 e. The van der Waals surface area contributed by atoms with Crippen LogP contribution in [0.3, 0.4) is 0 Å². The van der Waals surface area contributed by atoms with Gasteiger partial charge in [-0.1, -0.05) is 24.3 Å². The Labute approximate surface area is 119 Å². The number of ketones is 1. The Balaban J connectivity index is 2.26. The van der Waals surface area contributed by atoms with E-state index in [0.717, 1.165) is 23.3 Å². The number of hydrogen-bond donors (Lipinski definition) is 1. The second-order valence-corrected chi connectivity index (χ2v) is 4.75. The van der Waals surface area contributed by atoms with Crippen LogP contribution in [-0.4, -0.2) is 19.4 Å². The van der Waals surface area contributed by atoms with E-state index < -0.39 is 0 Å². The number of hydrogen-bond acceptors (Lipinski definition) is 3. The van der Waals surface area contributed by atoms with Gasteiger partial charge in [0, 0.05) is 11.1 Å². The van der Waals surface area contributed by atoms with Gasteiger partial charge in [0.2, 0.25) is 0 Å². The molecule has 0 aliphatic rings. The van der Waals surface area contributed by atoms with Crippen LogP contribution in [0, 0.1) is 6.92 Å². The molecule has 2 aromatic rings. The SMILES string of the molecule is COc1ccc(C(=O)c2ccc(CCN)cc2)c(C)c1. The molecule has 104 valence electrons. The predicted molar refractivity (Wildman–Crippen MR) is 80.4 cm³/mol. The molecule has 0 aromatic heterocycles. The van der Waals surface area contributed by atoms with Gasteiger partial charge >= 0.3 is 0 Å². The number of benzene rings is 2. The molecule has 0 fully saturated rings. The fourth-order valence-corrected chi connectivity index (χ4v) is 2.16. The molecule has 0 atom stereocenters. The molecule has 0 unspecified atom stereocenters. The van der Waals surface area contributed by atoms with Crippen molar-refractivity contribution in [2.24, 2.45) is 5.73 Å². The van der Waals surface area contributed by atoms with Crippen LogP contribution in [0.4, 0.5) is 0 Å². The highest BCUT2D eigenvalue weighted by atomic mass is 16.5. The van der Waals surface area contributed by atoms with Gasteiger partial charge in [0.1, 0.15) is 5.75 Å². The van der Waals surface area contributed by atoms with Crippen LogP contribution in [0.25, 0.3) is 0 Å². The molecule has 0 aliphatic carbocycles. The van der Waals surface area contributed by atoms with Gasteiger partial charge in [-0.05, 0) is 49.2 Å². The molecule has 0 radical (unpaired) electrons. The monoisotopic (exact) mass is 269 g/mol. The highest BCUT2D eigenvalue weighted by Gasteiger charge is 2.12. The summed E-state index contributed by atoms with van der Waals surface area (Å²) in [7, 11) is 1.62. The van der Waals surface area contributed by atoms with E-state index in [1.165, 1.54) is 0 Å². The lowest BCUT2D eigenvalue weighted by Crippen LogP contribution is -2.05. The van der Waals surface area contributed by atoms with Crippen LogP contribution in [-0.2, 0) is 6.42 Å². The third kappa shape index (κ3) is 3.06. The van der Waals surface area contributed by atoms with Crippen LogP contribution < -0.4 is 10.5 Å². The molecule has 3 nitrogen and oxygen atoms in total. The first kappa shape index (κ1) is 14.3. The molecule has 2 rings (SSSR count). The minimum Gasteiger partial charge on any atom is -0.497 e. The zero-order valence-electron chi connectivity index (χ0n) is 11.8. The average molecular weight is 269 g/mol. The Morgan fingerprint density at radius 3 is 2.40 bits per heavy atom. The highest BCUT2D eigenvalue weighted by Crippen LogP contribution is 2.20. The number of ether oxygens (including phenoxy) is 1. The number of carbonyl (C=O) groups is 1. The van der Waals surface area contributed by atoms with E-state index in [9.17, 15) is 4.79 Å². The molecule has 2 aromatic carbocycles. The van der Waals surface area contributed by atoms with Gasteiger partial charge in [-0.2, -0.15) is 0 Å². The van der Waals surface area contributed by atoms with Gasteiger partial charge in [-0.3, -0.25) is 4.79 Å². The second kappa shape index (κ2) is 6.35. The van der Waals surface area contributed by atoms with E-state index in [1.807, 2.05) is 49.4 Å². The van der Waals surface area contributed by atoms with Crippen molar-refractivity contribution >= 4 is 5.78 Å². The summed E-state index contributed by atoms with van der Waals surface area (Å²) in [5.74, 6) is 0.793. The molecule has 3 heteroatoms. The highest BCUT2D eigenvalue weighted by molar-refractivity contribution is 6.09. The number of aryl methyl sites for hydroxylation is 1. The van der Waals surface area contributed by atoms with Gasteiger partial charge in [0.05, 0.1) is 7.11 Å². The molecule has 0 saturated carbocycles. The number of rotatable bonds is 5. The molecular formula is C17H19NO2. The van der Waals surface area contributed by atoms with Gasteiger partial charge in [-0.25, -0.2) is 0 Å². The van der Waals surface area contributed by atoms with Crippen molar-refractivity contribution in [1.82, 2.24) is 0 Å². The minimum absolute atomic E-state index is 0.0319. The fourth-order valence-electron chi connectivity index (χ4n) is 2.16. The maximum Gasteiger partial charge on any atom is 0.193 e. The summed E-state index contributed by atoms with van der Waals surface area (Å²) in [6, 6.07) is 13.1. The van der Waals surface area contributed by atoms with Gasteiger partial charge in [-0.15, -0.1) is 0 Å². The van der Waals surface area contributed by atoms with Crippen LogP contribution in [0.1, 0.15) is 27.0 Å². The summed E-state index contributed by atoms with van der Waals surface area (Å²) < 4.78 is 5.15. The summed E-state index contributed by atoms with van der Waals surface area (Å²) >= 11 is 0. The molecule has 0 spiro atoms. The molecule has 0 bridgehead atoms. The Morgan fingerprint density at radius 2 is 1.85 bits per heavy atom. The Bertz CT molecular complexity index is 603. The summed E-state index contributed by atoms with van der Waals surface area (Å²) in [5.41, 5.74) is 8.98. The number of nitrogens with two attached hydrogens (primary N) is 1. The van der Waals surface area contributed by atoms with Crippen LogP contribution in [0.5, 0.6) is 5.75 Å². The third-order valence-electron chi connectivity index (χ3n) is 3.33. The summed E-state index contributed by atoms with van der Waals surface area (Å²) in [4.78, 5) is 12.5. The minimum atomic E-state index is 0.0319. The standard InChI is InChI=1S/C17H19NO2/c1-12-11-15(20-2)7-8-16(12)17(19)14-5-3-13(4-6-14)9-10-18/h3-8,11H,9-10,18H2,1-2H3. The maximum absolute atomic E-state index is 12.5. The van der Waals surface area contributed by atoms with Crippen molar-refractivity contribution in [2.75, 3.05) is 13.7 Å². The first-order valence-corrected chi connectivity index (χ1v) is 6.64. The van der Waals surface area contributed by atoms with E-state index in [2.05, 4.69) is 0 Å². The van der Waals surface area contributed by atoms with Crippen molar-refractivity contribution in [3.63, 3.8) is 0 Å². The normalized spacial score (nSPS) is 10.3. The maximum atomic E-state index is 12.5. The first-order valence-electron chi connectivity index (χ1n) is 6.64. The molecule has 0 aliphatic heterocycles. The van der Waals surface area contributed by atoms with E-state index in [4.69, 9.17) is 10.5 Å². The summed E-state index contributed by atoms with van der Waals surface area (Å²) in [6.45, 7) is 2.53. The zero-order valence-corrected chi connectivity index (χ0v) is 11.8. The molecule has 0 heterocycles. The summed E-state index contributed by atoms with van der Waals surface area (Å²) in [6.07, 6.45) is 0.829. The Hall–Kier alpha value is -2.13. The average Bonchev–Trinajstić information content (AvgIpc) is 2.47. The number of carbonyl (C=O) groups excluding carboxylic acids is 1. The van der Waals surface area contributed by atoms with Crippen molar-refractivity contribution < 1.29 is 9.53 Å². The van der Waals surface area contributed by atoms with Crippen LogP contribution in [0.15, 0.2) is 42.5 Å². The third-order valence-corrected chi connectivity index (χ3v) is 3.33. The van der Waals surface area contributed by atoms with Crippen LogP contribution in [0.2, 0.25) is 0 Å². The van der Waals surface area contributed by atoms with Crippen molar-refractivity contribution in [3.8, 4) is 5.75 Å². The van der Waals surface area contributed by atoms with Gasteiger partial charge in [0.25, 0.3) is 0 Å². The van der Waals surface area contributed by atoms with E-state index in [1.54, 1.807) is 7.11 Å². The molecule has 0 amide bonds. The van der Waals surface area contributed by atoms with E-state index in [-0.39, 0.29) is 5.78 Å². The quantitative estimate of drug-likeness (QED) is 0.849. The zero-order chi connectivity index (χ0) is 14.5. The Morgan fingerprint density at radius 1 is 1.15 bits per heavy atom. The number of methoxy groups -OCH3 is 1. The molecule has 2 N–H and O–H groups in total. The lowest BCUT2D eigenvalue weighted by Gasteiger charge is -2.08. The van der Waals surface area contributed by atoms with Crippen molar-refractivity contribution in [1.29, 1.82) is 0 Å². The molecular weight excluding hydrogens is 250 g/mol. The topological polar surface area (TPSA) is 52.3 Å². The van der Waals surface area contributed by atoms with E-state index in [0.29, 0.717) is 17.7 Å². The second-order valence-electron chi connectivity index (χ2n) is 4.75. The lowest BCUT2D eigenvalue weighted by molar-refractivity contribution is 0.103. The van der Waals surface area contributed by atoms with Gasteiger partial charge in [0.15, 0.2) is 5.78 Å². The van der Waals surface area contributed by atoms with Crippen LogP contribution >= 0.6 is 0 Å². The van der Waals surface area contributed by atoms with Crippen molar-refractivity contribution in [3.05, 3.63) is 64.7 Å².